The zero-order chi connectivity index (χ0) is 20.9. The number of phenols is 1. The van der Waals surface area contributed by atoms with Crippen molar-refractivity contribution in [3.63, 3.8) is 0 Å². The van der Waals surface area contributed by atoms with Crippen molar-refractivity contribution < 1.29 is 9.90 Å². The van der Waals surface area contributed by atoms with E-state index in [-0.39, 0.29) is 11.7 Å². The van der Waals surface area contributed by atoms with Crippen LogP contribution in [0.15, 0.2) is 60.8 Å². The fourth-order valence-corrected chi connectivity index (χ4v) is 3.88. The summed E-state index contributed by atoms with van der Waals surface area (Å²) in [6.45, 7) is 3.48. The van der Waals surface area contributed by atoms with Crippen LogP contribution in [0, 0.1) is 11.3 Å². The summed E-state index contributed by atoms with van der Waals surface area (Å²) in [7, 11) is 0. The number of phenolic OH excluding ortho intramolecular Hbond substituents is 1. The topological polar surface area (TPSA) is 72.5 Å². The van der Waals surface area contributed by atoms with E-state index in [4.69, 9.17) is 5.26 Å². The highest BCUT2D eigenvalue weighted by Gasteiger charge is 2.20. The standard InChI is InChI=1S/C24H24N4O2/c25-12-3-13-28-18-19(22-4-1-2-5-23(22)28)6-11-24(30)27-16-14-26(15-17-27)20-7-9-21(29)10-8-20/h1-2,4-11,18,29H,3,13-17H2/b11-6+. The number of piperazine rings is 1. The molecule has 0 aliphatic carbocycles. The quantitative estimate of drug-likeness (QED) is 0.664. The van der Waals surface area contributed by atoms with Crippen LogP contribution >= 0.6 is 0 Å². The van der Waals surface area contributed by atoms with Crippen molar-refractivity contribution in [1.29, 1.82) is 5.26 Å². The molecule has 2 aromatic carbocycles. The number of carbonyl (C=O) groups excluding carboxylic acids is 1. The molecule has 1 aromatic heterocycles. The van der Waals surface area contributed by atoms with Crippen LogP contribution in [0.4, 0.5) is 5.69 Å². The average molecular weight is 400 g/mol. The largest absolute Gasteiger partial charge is 0.508 e. The van der Waals surface area contributed by atoms with E-state index in [9.17, 15) is 9.90 Å². The van der Waals surface area contributed by atoms with Gasteiger partial charge in [-0.15, -0.1) is 0 Å². The van der Waals surface area contributed by atoms with E-state index >= 15 is 0 Å². The third-order valence-corrected chi connectivity index (χ3v) is 5.50. The molecule has 152 valence electrons. The van der Waals surface area contributed by atoms with Crippen LogP contribution in [-0.2, 0) is 11.3 Å². The maximum atomic E-state index is 12.7. The first-order valence-electron chi connectivity index (χ1n) is 10.1. The first kappa shape index (κ1) is 19.6. The Morgan fingerprint density at radius 1 is 1.07 bits per heavy atom. The molecule has 2 heterocycles. The van der Waals surface area contributed by atoms with Gasteiger partial charge >= 0.3 is 0 Å². The number of aryl methyl sites for hydroxylation is 1. The first-order chi connectivity index (χ1) is 14.7. The van der Waals surface area contributed by atoms with Gasteiger partial charge in [-0.25, -0.2) is 0 Å². The molecule has 6 nitrogen and oxygen atoms in total. The summed E-state index contributed by atoms with van der Waals surface area (Å²) in [5.74, 6) is 0.265. The first-order valence-corrected chi connectivity index (χ1v) is 10.1. The maximum Gasteiger partial charge on any atom is 0.246 e. The van der Waals surface area contributed by atoms with Gasteiger partial charge in [-0.2, -0.15) is 5.26 Å². The van der Waals surface area contributed by atoms with Crippen LogP contribution in [0.25, 0.3) is 17.0 Å². The van der Waals surface area contributed by atoms with Gasteiger partial charge in [-0.1, -0.05) is 18.2 Å². The number of hydrogen-bond acceptors (Lipinski definition) is 4. The minimum Gasteiger partial charge on any atom is -0.508 e. The van der Waals surface area contributed by atoms with Gasteiger partial charge < -0.3 is 19.5 Å². The Hall–Kier alpha value is -3.72. The van der Waals surface area contributed by atoms with Gasteiger partial charge in [0.05, 0.1) is 12.5 Å². The number of fused-ring (bicyclic) bond motifs is 1. The summed E-state index contributed by atoms with van der Waals surface area (Å²) < 4.78 is 2.07. The van der Waals surface area contributed by atoms with Crippen molar-refractivity contribution in [1.82, 2.24) is 9.47 Å². The van der Waals surface area contributed by atoms with Crippen molar-refractivity contribution in [2.24, 2.45) is 0 Å². The van der Waals surface area contributed by atoms with E-state index < -0.39 is 0 Å². The molecule has 0 saturated carbocycles. The summed E-state index contributed by atoms with van der Waals surface area (Å²) in [6, 6.07) is 17.4. The summed E-state index contributed by atoms with van der Waals surface area (Å²) >= 11 is 0. The number of benzene rings is 2. The lowest BCUT2D eigenvalue weighted by atomic mass is 10.1. The summed E-state index contributed by atoms with van der Waals surface area (Å²) in [6.07, 6.45) is 5.98. The zero-order valence-corrected chi connectivity index (χ0v) is 16.7. The fourth-order valence-electron chi connectivity index (χ4n) is 3.88. The number of carbonyl (C=O) groups is 1. The molecule has 1 aliphatic rings. The Balaban J connectivity index is 1.42. The van der Waals surface area contributed by atoms with Crippen molar-refractivity contribution in [2.45, 2.75) is 13.0 Å². The van der Waals surface area contributed by atoms with Crippen LogP contribution in [-0.4, -0.2) is 46.7 Å². The molecule has 6 heteroatoms. The lowest BCUT2D eigenvalue weighted by molar-refractivity contribution is -0.126. The average Bonchev–Trinajstić information content (AvgIpc) is 3.14. The Labute approximate surface area is 175 Å². The highest BCUT2D eigenvalue weighted by Crippen LogP contribution is 2.23. The second-order valence-corrected chi connectivity index (χ2v) is 7.37. The zero-order valence-electron chi connectivity index (χ0n) is 16.7. The number of aromatic hydroxyl groups is 1. The monoisotopic (exact) mass is 400 g/mol. The molecule has 0 radical (unpaired) electrons. The molecule has 0 bridgehead atoms. The number of nitrogens with zero attached hydrogens (tertiary/aromatic N) is 4. The summed E-state index contributed by atoms with van der Waals surface area (Å²) in [5, 5.41) is 19.4. The molecule has 3 aromatic rings. The normalized spacial score (nSPS) is 14.4. The van der Waals surface area contributed by atoms with E-state index in [0.717, 1.165) is 35.2 Å². The molecule has 30 heavy (non-hydrogen) atoms. The van der Waals surface area contributed by atoms with Crippen molar-refractivity contribution >= 4 is 28.6 Å². The molecular formula is C24H24N4O2. The molecule has 4 rings (SSSR count). The van der Waals surface area contributed by atoms with Gasteiger partial charge in [-0.05, 0) is 36.4 Å². The van der Waals surface area contributed by atoms with E-state index in [1.807, 2.05) is 53.6 Å². The van der Waals surface area contributed by atoms with Crippen LogP contribution in [0.1, 0.15) is 12.0 Å². The molecule has 1 amide bonds. The number of aromatic nitrogens is 1. The van der Waals surface area contributed by atoms with Crippen LogP contribution < -0.4 is 4.90 Å². The van der Waals surface area contributed by atoms with Crippen LogP contribution in [0.2, 0.25) is 0 Å². The van der Waals surface area contributed by atoms with Gasteiger partial charge in [-0.3, -0.25) is 4.79 Å². The Kier molecular flexibility index (Phi) is 5.71. The van der Waals surface area contributed by atoms with Crippen LogP contribution in [0.5, 0.6) is 5.75 Å². The predicted octanol–water partition coefficient (Wildman–Crippen LogP) is 3.62. The smallest absolute Gasteiger partial charge is 0.246 e. The molecule has 0 unspecified atom stereocenters. The molecule has 1 saturated heterocycles. The Morgan fingerprint density at radius 3 is 2.53 bits per heavy atom. The van der Waals surface area contributed by atoms with E-state index in [2.05, 4.69) is 15.5 Å². The number of amides is 1. The number of rotatable bonds is 5. The van der Waals surface area contributed by atoms with Crippen molar-refractivity contribution in [2.75, 3.05) is 31.1 Å². The lowest BCUT2D eigenvalue weighted by Gasteiger charge is -2.35. The molecule has 1 fully saturated rings. The third-order valence-electron chi connectivity index (χ3n) is 5.50. The number of anilines is 1. The number of hydrogen-bond donors (Lipinski definition) is 1. The van der Waals surface area contributed by atoms with Crippen molar-refractivity contribution in [3.8, 4) is 11.8 Å². The van der Waals surface area contributed by atoms with E-state index in [1.165, 1.54) is 0 Å². The fraction of sp³-hybridized carbons (Fsp3) is 0.250. The Morgan fingerprint density at radius 2 is 1.80 bits per heavy atom. The summed E-state index contributed by atoms with van der Waals surface area (Å²) in [4.78, 5) is 16.8. The second kappa shape index (κ2) is 8.75. The SMILES string of the molecule is N#CCCn1cc(/C=C/C(=O)N2CCN(c3ccc(O)cc3)CC2)c2ccccc21. The van der Waals surface area contributed by atoms with Gasteiger partial charge in [0.1, 0.15) is 5.75 Å². The van der Waals surface area contributed by atoms with Crippen LogP contribution in [0.3, 0.4) is 0 Å². The van der Waals surface area contributed by atoms with Gasteiger partial charge in [0.15, 0.2) is 0 Å². The lowest BCUT2D eigenvalue weighted by Crippen LogP contribution is -2.48. The molecule has 1 N–H and O–H groups in total. The second-order valence-electron chi connectivity index (χ2n) is 7.37. The minimum atomic E-state index is 0.00853. The number of para-hydroxylation sites is 1. The minimum absolute atomic E-state index is 0.00853. The molecule has 0 atom stereocenters. The predicted molar refractivity (Wildman–Crippen MR) is 118 cm³/mol. The third kappa shape index (κ3) is 4.15. The highest BCUT2D eigenvalue weighted by atomic mass is 16.3. The van der Waals surface area contributed by atoms with Gasteiger partial charge in [0.2, 0.25) is 5.91 Å². The van der Waals surface area contributed by atoms with E-state index in [1.54, 1.807) is 18.2 Å². The molecular weight excluding hydrogens is 376 g/mol. The maximum absolute atomic E-state index is 12.7. The Bertz CT molecular complexity index is 1100. The molecule has 1 aliphatic heterocycles. The molecule has 0 spiro atoms. The van der Waals surface area contributed by atoms with Gasteiger partial charge in [0, 0.05) is 67.2 Å². The summed E-state index contributed by atoms with van der Waals surface area (Å²) in [5.41, 5.74) is 3.11. The van der Waals surface area contributed by atoms with Crippen molar-refractivity contribution in [3.05, 3.63) is 66.4 Å². The highest BCUT2D eigenvalue weighted by molar-refractivity contribution is 5.96. The number of nitriles is 1. The van der Waals surface area contributed by atoms with E-state index in [0.29, 0.717) is 26.1 Å². The van der Waals surface area contributed by atoms with Gasteiger partial charge in [0.25, 0.3) is 0 Å².